The topological polar surface area (TPSA) is 69.1 Å². The Labute approximate surface area is 83.4 Å². The van der Waals surface area contributed by atoms with Crippen LogP contribution in [-0.4, -0.2) is 17.8 Å². The maximum atomic E-state index is 8.98. The van der Waals surface area contributed by atoms with Gasteiger partial charge in [0.15, 0.2) is 0 Å². The Bertz CT molecular complexity index is 91.4. The third kappa shape index (κ3) is 32.0. The number of carbonyl (C=O) groups is 1. The standard InChI is InChI=1S/C6H16N2.CCl2O/c7-5-3-1-2-4-6-8;2-1(3)4/h1-8H2;. The Balaban J connectivity index is 0. The highest BCUT2D eigenvalue weighted by molar-refractivity contribution is 6.93. The zero-order valence-electron chi connectivity index (χ0n) is 7.06. The van der Waals surface area contributed by atoms with Gasteiger partial charge in [-0.1, -0.05) is 12.8 Å². The second-order valence-electron chi connectivity index (χ2n) is 2.22. The van der Waals surface area contributed by atoms with Crippen LogP contribution in [0.4, 0.5) is 4.79 Å². The van der Waals surface area contributed by atoms with Gasteiger partial charge in [-0.15, -0.1) is 0 Å². The van der Waals surface area contributed by atoms with Gasteiger partial charge in [-0.25, -0.2) is 0 Å². The van der Waals surface area contributed by atoms with Gasteiger partial charge in [0.05, 0.1) is 0 Å². The van der Waals surface area contributed by atoms with E-state index in [-0.39, 0.29) is 0 Å². The van der Waals surface area contributed by atoms with E-state index in [1.54, 1.807) is 0 Å². The Morgan fingerprint density at radius 2 is 1.17 bits per heavy atom. The summed E-state index contributed by atoms with van der Waals surface area (Å²) in [5.74, 6) is 0. The minimum absolute atomic E-state index is 0.824. The molecule has 0 amide bonds. The van der Waals surface area contributed by atoms with Crippen LogP contribution < -0.4 is 11.5 Å². The zero-order chi connectivity index (χ0) is 9.82. The van der Waals surface area contributed by atoms with E-state index in [0.29, 0.717) is 0 Å². The van der Waals surface area contributed by atoms with E-state index < -0.39 is 4.70 Å². The zero-order valence-corrected chi connectivity index (χ0v) is 8.57. The molecule has 0 saturated heterocycles. The van der Waals surface area contributed by atoms with Crippen LogP contribution in [0.5, 0.6) is 0 Å². The quantitative estimate of drug-likeness (QED) is 0.544. The van der Waals surface area contributed by atoms with Gasteiger partial charge >= 0.3 is 4.70 Å². The van der Waals surface area contributed by atoms with E-state index in [1.165, 1.54) is 12.8 Å². The van der Waals surface area contributed by atoms with E-state index in [2.05, 4.69) is 23.2 Å². The first-order valence-electron chi connectivity index (χ1n) is 3.90. The number of rotatable bonds is 5. The maximum absolute atomic E-state index is 8.98. The van der Waals surface area contributed by atoms with Crippen LogP contribution in [0.3, 0.4) is 0 Å². The summed E-state index contributed by atoms with van der Waals surface area (Å²) in [6.45, 7) is 1.65. The third-order valence-electron chi connectivity index (χ3n) is 1.16. The van der Waals surface area contributed by atoms with Gasteiger partial charge in [0, 0.05) is 0 Å². The summed E-state index contributed by atoms with van der Waals surface area (Å²) in [6.07, 6.45) is 4.79. The van der Waals surface area contributed by atoms with E-state index >= 15 is 0 Å². The molecule has 5 heteroatoms. The van der Waals surface area contributed by atoms with Crippen molar-refractivity contribution in [2.24, 2.45) is 11.5 Å². The highest BCUT2D eigenvalue weighted by atomic mass is 35.5. The van der Waals surface area contributed by atoms with E-state index in [9.17, 15) is 0 Å². The van der Waals surface area contributed by atoms with E-state index in [1.807, 2.05) is 0 Å². The van der Waals surface area contributed by atoms with Gasteiger partial charge < -0.3 is 11.5 Å². The summed E-state index contributed by atoms with van der Waals surface area (Å²) in [4.78, 5) is 8.98. The first-order chi connectivity index (χ1) is 5.65. The highest BCUT2D eigenvalue weighted by Gasteiger charge is 1.83. The van der Waals surface area contributed by atoms with Crippen molar-refractivity contribution in [3.05, 3.63) is 0 Å². The molecule has 0 atom stereocenters. The van der Waals surface area contributed by atoms with Gasteiger partial charge in [0.1, 0.15) is 0 Å². The molecule has 0 aliphatic rings. The molecule has 0 heterocycles. The largest absolute Gasteiger partial charge is 0.330 e. The first kappa shape index (κ1) is 14.7. The van der Waals surface area contributed by atoms with Crippen molar-refractivity contribution >= 4 is 27.9 Å². The number of hydrogen-bond acceptors (Lipinski definition) is 3. The molecule has 0 aliphatic heterocycles. The number of hydrogen-bond donors (Lipinski definition) is 2. The average Bonchev–Trinajstić information content (AvgIpc) is 1.97. The summed E-state index contributed by atoms with van der Waals surface area (Å²) < 4.78 is -0.889. The van der Waals surface area contributed by atoms with Crippen molar-refractivity contribution < 1.29 is 4.79 Å². The summed E-state index contributed by atoms with van der Waals surface area (Å²) in [5.41, 5.74) is 10.6. The predicted molar refractivity (Wildman–Crippen MR) is 53.7 cm³/mol. The molecular formula is C7H16Cl2N2O. The lowest BCUT2D eigenvalue weighted by molar-refractivity contribution is 0.275. The fourth-order valence-corrected chi connectivity index (χ4v) is 0.642. The summed E-state index contributed by atoms with van der Waals surface area (Å²) in [7, 11) is 0. The van der Waals surface area contributed by atoms with Gasteiger partial charge in [0.2, 0.25) is 0 Å². The molecule has 0 aromatic heterocycles. The fourth-order valence-electron chi connectivity index (χ4n) is 0.642. The SMILES string of the molecule is NCCCCCCN.O=C(Cl)Cl. The van der Waals surface area contributed by atoms with Gasteiger partial charge in [0.25, 0.3) is 0 Å². The Morgan fingerprint density at radius 3 is 1.33 bits per heavy atom. The normalized spacial score (nSPS) is 8.67. The van der Waals surface area contributed by atoms with Crippen LogP contribution >= 0.6 is 23.2 Å². The summed E-state index contributed by atoms with van der Waals surface area (Å²) in [5, 5.41) is 0. The fraction of sp³-hybridized carbons (Fsp3) is 0.857. The minimum Gasteiger partial charge on any atom is -0.330 e. The number of unbranched alkanes of at least 4 members (excludes halogenated alkanes) is 3. The molecule has 0 saturated carbocycles. The minimum atomic E-state index is -0.889. The summed E-state index contributed by atoms with van der Waals surface area (Å²) >= 11 is 8.80. The van der Waals surface area contributed by atoms with Gasteiger partial charge in [-0.2, -0.15) is 0 Å². The number of halogens is 2. The lowest BCUT2D eigenvalue weighted by Crippen LogP contribution is -2.00. The molecule has 0 aromatic rings. The molecule has 0 bridgehead atoms. The molecule has 12 heavy (non-hydrogen) atoms. The van der Waals surface area contributed by atoms with E-state index in [4.69, 9.17) is 16.3 Å². The van der Waals surface area contributed by atoms with Crippen molar-refractivity contribution in [2.45, 2.75) is 25.7 Å². The number of carbonyl (C=O) groups excluding carboxylic acids is 1. The highest BCUT2D eigenvalue weighted by Crippen LogP contribution is 1.95. The predicted octanol–water partition coefficient (Wildman–Crippen LogP) is 2.05. The van der Waals surface area contributed by atoms with Crippen molar-refractivity contribution in [1.29, 1.82) is 0 Å². The maximum Gasteiger partial charge on any atom is 0.313 e. The van der Waals surface area contributed by atoms with E-state index in [0.717, 1.165) is 25.9 Å². The summed E-state index contributed by atoms with van der Waals surface area (Å²) in [6, 6.07) is 0. The average molecular weight is 215 g/mol. The molecule has 0 radical (unpaired) electrons. The Morgan fingerprint density at radius 1 is 0.917 bits per heavy atom. The second-order valence-corrected chi connectivity index (χ2v) is 3.10. The Kier molecular flexibility index (Phi) is 16.8. The molecule has 0 spiro atoms. The molecule has 0 aliphatic carbocycles. The molecule has 0 unspecified atom stereocenters. The molecule has 4 N–H and O–H groups in total. The lowest BCUT2D eigenvalue weighted by Gasteiger charge is -1.94. The van der Waals surface area contributed by atoms with Crippen molar-refractivity contribution in [3.8, 4) is 0 Å². The third-order valence-corrected chi connectivity index (χ3v) is 1.16. The van der Waals surface area contributed by atoms with Crippen molar-refractivity contribution in [1.82, 2.24) is 0 Å². The van der Waals surface area contributed by atoms with Crippen LogP contribution in [0.15, 0.2) is 0 Å². The molecular weight excluding hydrogens is 199 g/mol. The van der Waals surface area contributed by atoms with Crippen molar-refractivity contribution in [3.63, 3.8) is 0 Å². The molecule has 74 valence electrons. The van der Waals surface area contributed by atoms with Crippen LogP contribution in [-0.2, 0) is 0 Å². The Hall–Kier alpha value is 0.170. The molecule has 0 rings (SSSR count). The molecule has 0 aromatic carbocycles. The molecule has 0 fully saturated rings. The lowest BCUT2D eigenvalue weighted by atomic mass is 10.2. The molecule has 3 nitrogen and oxygen atoms in total. The van der Waals surface area contributed by atoms with Crippen LogP contribution in [0, 0.1) is 0 Å². The van der Waals surface area contributed by atoms with Crippen LogP contribution in [0.25, 0.3) is 0 Å². The number of nitrogens with two attached hydrogens (primary N) is 2. The second kappa shape index (κ2) is 13.7. The van der Waals surface area contributed by atoms with Crippen LogP contribution in [0.1, 0.15) is 25.7 Å². The smallest absolute Gasteiger partial charge is 0.313 e. The first-order valence-corrected chi connectivity index (χ1v) is 4.65. The van der Waals surface area contributed by atoms with Gasteiger partial charge in [-0.3, -0.25) is 4.79 Å². The monoisotopic (exact) mass is 214 g/mol. The van der Waals surface area contributed by atoms with Crippen LogP contribution in [0.2, 0.25) is 0 Å². The van der Waals surface area contributed by atoms with Crippen molar-refractivity contribution in [2.75, 3.05) is 13.1 Å². The van der Waals surface area contributed by atoms with Gasteiger partial charge in [-0.05, 0) is 49.1 Å².